The summed E-state index contributed by atoms with van der Waals surface area (Å²) < 4.78 is 1.75. The number of H-pyrrole nitrogens is 1. The van der Waals surface area contributed by atoms with Crippen LogP contribution in [0.3, 0.4) is 0 Å². The number of rotatable bonds is 2. The maximum atomic E-state index is 10.3. The first-order chi connectivity index (χ1) is 10.7. The minimum Gasteiger partial charge on any atom is -0.505 e. The molecule has 0 saturated heterocycles. The van der Waals surface area contributed by atoms with Crippen molar-refractivity contribution in [3.8, 4) is 22.8 Å². The van der Waals surface area contributed by atoms with Crippen LogP contribution in [-0.4, -0.2) is 19.6 Å². The number of nitrogen functional groups attached to an aromatic ring is 1. The van der Waals surface area contributed by atoms with Gasteiger partial charge in [-0.3, -0.25) is 4.57 Å². The third-order valence-corrected chi connectivity index (χ3v) is 3.68. The summed E-state index contributed by atoms with van der Waals surface area (Å²) in [5, 5.41) is 10.3. The van der Waals surface area contributed by atoms with Gasteiger partial charge >= 0.3 is 0 Å². The van der Waals surface area contributed by atoms with Crippen molar-refractivity contribution in [3.05, 3.63) is 60.8 Å². The Morgan fingerprint density at radius 2 is 1.73 bits per heavy atom. The van der Waals surface area contributed by atoms with Crippen molar-refractivity contribution in [2.75, 3.05) is 5.73 Å². The van der Waals surface area contributed by atoms with E-state index in [2.05, 4.69) is 9.97 Å². The first-order valence-electron chi connectivity index (χ1n) is 6.94. The Morgan fingerprint density at radius 1 is 1.00 bits per heavy atom. The number of fused-ring (bicyclic) bond motifs is 1. The summed E-state index contributed by atoms with van der Waals surface area (Å²) in [6.45, 7) is 0. The molecule has 0 aliphatic heterocycles. The van der Waals surface area contributed by atoms with Gasteiger partial charge in [0.1, 0.15) is 23.0 Å². The number of nitrogens with zero attached hydrogens (tertiary/aromatic N) is 2. The van der Waals surface area contributed by atoms with Gasteiger partial charge in [-0.25, -0.2) is 4.98 Å². The number of hydrogen-bond acceptors (Lipinski definition) is 3. The number of nitrogens with two attached hydrogens (primary N) is 1. The quantitative estimate of drug-likeness (QED) is 0.530. The Bertz CT molecular complexity index is 920. The summed E-state index contributed by atoms with van der Waals surface area (Å²) in [5.74, 6) is 1.11. The van der Waals surface area contributed by atoms with Crippen molar-refractivity contribution in [1.82, 2.24) is 14.5 Å². The van der Waals surface area contributed by atoms with Crippen LogP contribution in [0.4, 0.5) is 5.82 Å². The summed E-state index contributed by atoms with van der Waals surface area (Å²) in [6.07, 6.45) is 1.60. The largest absolute Gasteiger partial charge is 0.505 e. The van der Waals surface area contributed by atoms with E-state index < -0.39 is 0 Å². The van der Waals surface area contributed by atoms with Gasteiger partial charge in [-0.1, -0.05) is 30.3 Å². The summed E-state index contributed by atoms with van der Waals surface area (Å²) >= 11 is 0. The van der Waals surface area contributed by atoms with Crippen LogP contribution in [0.25, 0.3) is 28.1 Å². The molecule has 0 unspecified atom stereocenters. The van der Waals surface area contributed by atoms with Crippen LogP contribution in [-0.2, 0) is 0 Å². The highest BCUT2D eigenvalue weighted by Crippen LogP contribution is 2.37. The van der Waals surface area contributed by atoms with Crippen molar-refractivity contribution in [2.24, 2.45) is 0 Å². The molecule has 4 rings (SSSR count). The molecule has 2 aromatic heterocycles. The van der Waals surface area contributed by atoms with Crippen molar-refractivity contribution >= 4 is 16.9 Å². The third-order valence-electron chi connectivity index (χ3n) is 3.68. The van der Waals surface area contributed by atoms with E-state index in [1.54, 1.807) is 10.8 Å². The highest BCUT2D eigenvalue weighted by Gasteiger charge is 2.18. The van der Waals surface area contributed by atoms with E-state index in [4.69, 9.17) is 5.73 Å². The number of nitrogens with one attached hydrogen (secondary N) is 1. The fourth-order valence-electron chi connectivity index (χ4n) is 2.62. The maximum Gasteiger partial charge on any atom is 0.146 e. The lowest BCUT2D eigenvalue weighted by atomic mass is 10.3. The molecule has 4 N–H and O–H groups in total. The molecule has 2 aromatic carbocycles. The molecule has 2 heterocycles. The van der Waals surface area contributed by atoms with Crippen LogP contribution in [0, 0.1) is 0 Å². The van der Waals surface area contributed by atoms with E-state index in [1.807, 2.05) is 54.6 Å². The summed E-state index contributed by atoms with van der Waals surface area (Å²) in [4.78, 5) is 7.70. The van der Waals surface area contributed by atoms with Gasteiger partial charge in [0.15, 0.2) is 0 Å². The van der Waals surface area contributed by atoms with Crippen LogP contribution >= 0.6 is 0 Å². The van der Waals surface area contributed by atoms with Crippen LogP contribution in [0.1, 0.15) is 0 Å². The number of para-hydroxylation sites is 3. The number of aromatic hydroxyl groups is 1. The zero-order valence-corrected chi connectivity index (χ0v) is 11.7. The van der Waals surface area contributed by atoms with Crippen LogP contribution in [0.5, 0.6) is 5.75 Å². The Hall–Kier alpha value is -3.21. The summed E-state index contributed by atoms with van der Waals surface area (Å²) in [6, 6.07) is 17.3. The standard InChI is InChI=1S/C17H14N4O/c18-16-15(17-19-12-8-4-5-9-13(12)20-17)14(22)10-21(16)11-6-2-1-3-7-11/h1-10,22H,18H2,(H,19,20). The molecule has 0 aliphatic carbocycles. The predicted octanol–water partition coefficient (Wildman–Crippen LogP) is 3.31. The lowest BCUT2D eigenvalue weighted by Gasteiger charge is -2.05. The summed E-state index contributed by atoms with van der Waals surface area (Å²) in [7, 11) is 0. The maximum absolute atomic E-state index is 10.3. The minimum atomic E-state index is 0.0976. The molecule has 0 spiro atoms. The third kappa shape index (κ3) is 1.83. The minimum absolute atomic E-state index is 0.0976. The van der Waals surface area contributed by atoms with Crippen molar-refractivity contribution in [1.29, 1.82) is 0 Å². The number of aromatic amines is 1. The van der Waals surface area contributed by atoms with Gasteiger partial charge in [-0.15, -0.1) is 0 Å². The van der Waals surface area contributed by atoms with E-state index in [0.717, 1.165) is 16.7 Å². The van der Waals surface area contributed by atoms with Crippen LogP contribution < -0.4 is 5.73 Å². The van der Waals surface area contributed by atoms with Gasteiger partial charge in [0, 0.05) is 5.69 Å². The second-order valence-electron chi connectivity index (χ2n) is 5.08. The highest BCUT2D eigenvalue weighted by atomic mass is 16.3. The number of anilines is 1. The van der Waals surface area contributed by atoms with E-state index in [0.29, 0.717) is 17.2 Å². The van der Waals surface area contributed by atoms with Crippen LogP contribution in [0.2, 0.25) is 0 Å². The van der Waals surface area contributed by atoms with E-state index in [-0.39, 0.29) is 5.75 Å². The molecule has 0 atom stereocenters. The number of benzene rings is 2. The Kier molecular flexibility index (Phi) is 2.66. The molecule has 0 saturated carbocycles. The average Bonchev–Trinajstić information content (AvgIpc) is 3.08. The Balaban J connectivity index is 1.91. The van der Waals surface area contributed by atoms with Crippen molar-refractivity contribution < 1.29 is 5.11 Å². The molecule has 0 bridgehead atoms. The van der Waals surface area contributed by atoms with Gasteiger partial charge in [0.2, 0.25) is 0 Å². The molecule has 0 aliphatic rings. The molecule has 0 radical (unpaired) electrons. The van der Waals surface area contributed by atoms with Gasteiger partial charge < -0.3 is 15.8 Å². The molecule has 4 aromatic rings. The first kappa shape index (κ1) is 12.5. The molecule has 0 amide bonds. The van der Waals surface area contributed by atoms with Gasteiger partial charge in [0.25, 0.3) is 0 Å². The molecular formula is C17H14N4O. The summed E-state index contributed by atoms with van der Waals surface area (Å²) in [5.41, 5.74) is 9.38. The highest BCUT2D eigenvalue weighted by molar-refractivity contribution is 5.85. The van der Waals surface area contributed by atoms with E-state index in [9.17, 15) is 5.11 Å². The first-order valence-corrected chi connectivity index (χ1v) is 6.94. The van der Waals surface area contributed by atoms with Crippen LogP contribution in [0.15, 0.2) is 60.8 Å². The van der Waals surface area contributed by atoms with E-state index in [1.165, 1.54) is 0 Å². The second-order valence-corrected chi connectivity index (χ2v) is 5.08. The molecule has 5 nitrogen and oxygen atoms in total. The van der Waals surface area contributed by atoms with Crippen molar-refractivity contribution in [3.63, 3.8) is 0 Å². The molecular weight excluding hydrogens is 276 g/mol. The lowest BCUT2D eigenvalue weighted by molar-refractivity contribution is 0.477. The zero-order chi connectivity index (χ0) is 15.1. The topological polar surface area (TPSA) is 79.9 Å². The molecule has 108 valence electrons. The predicted molar refractivity (Wildman–Crippen MR) is 86.9 cm³/mol. The monoisotopic (exact) mass is 290 g/mol. The Labute approximate surface area is 126 Å². The van der Waals surface area contributed by atoms with E-state index >= 15 is 0 Å². The van der Waals surface area contributed by atoms with Gasteiger partial charge in [0.05, 0.1) is 17.2 Å². The van der Waals surface area contributed by atoms with Crippen molar-refractivity contribution in [2.45, 2.75) is 0 Å². The molecule has 22 heavy (non-hydrogen) atoms. The Morgan fingerprint density at radius 3 is 2.50 bits per heavy atom. The smallest absolute Gasteiger partial charge is 0.146 e. The fourth-order valence-corrected chi connectivity index (χ4v) is 2.62. The second kappa shape index (κ2) is 4.66. The lowest BCUT2D eigenvalue weighted by Crippen LogP contribution is -1.99. The normalized spacial score (nSPS) is 11.1. The average molecular weight is 290 g/mol. The number of imidazole rings is 1. The number of aromatic nitrogens is 3. The van der Waals surface area contributed by atoms with Gasteiger partial charge in [-0.2, -0.15) is 0 Å². The zero-order valence-electron chi connectivity index (χ0n) is 11.7. The number of hydrogen-bond donors (Lipinski definition) is 3. The molecule has 0 fully saturated rings. The fraction of sp³-hybridized carbons (Fsp3) is 0. The molecule has 5 heteroatoms. The van der Waals surface area contributed by atoms with Gasteiger partial charge in [-0.05, 0) is 24.3 Å². The SMILES string of the molecule is Nc1c(-c2nc3ccccc3[nH]2)c(O)cn1-c1ccccc1.